The lowest BCUT2D eigenvalue weighted by molar-refractivity contribution is -0.130. The summed E-state index contributed by atoms with van der Waals surface area (Å²) < 4.78 is 31.8. The van der Waals surface area contributed by atoms with Crippen LogP contribution in [0.15, 0.2) is 18.2 Å². The summed E-state index contributed by atoms with van der Waals surface area (Å²) in [6.45, 7) is 5.08. The molecule has 2 aliphatic heterocycles. The molecule has 1 amide bonds. The van der Waals surface area contributed by atoms with Gasteiger partial charge < -0.3 is 15.0 Å². The van der Waals surface area contributed by atoms with Crippen LogP contribution < -0.4 is 5.32 Å². The predicted octanol–water partition coefficient (Wildman–Crippen LogP) is 1.51. The van der Waals surface area contributed by atoms with E-state index in [2.05, 4.69) is 5.32 Å². The van der Waals surface area contributed by atoms with Crippen LogP contribution in [0.1, 0.15) is 41.4 Å². The van der Waals surface area contributed by atoms with E-state index in [1.165, 1.54) is 3.97 Å². The van der Waals surface area contributed by atoms with Crippen LogP contribution in [-0.2, 0) is 32.5 Å². The molecular weight excluding hydrogens is 406 g/mol. The largest absolute Gasteiger partial charge is 0.468 e. The van der Waals surface area contributed by atoms with Crippen LogP contribution >= 0.6 is 0 Å². The molecule has 1 N–H and O–H groups in total. The first-order valence-electron chi connectivity index (χ1n) is 10.4. The van der Waals surface area contributed by atoms with Gasteiger partial charge in [0, 0.05) is 49.2 Å². The second-order valence-corrected chi connectivity index (χ2v) is 10.0. The molecule has 3 heterocycles. The molecule has 1 aromatic carbocycles. The number of benzene rings is 1. The third kappa shape index (κ3) is 3.72. The Bertz CT molecular complexity index is 1070. The number of nitrogens with zero attached hydrogens (tertiary/aromatic N) is 2. The number of fused-ring (bicyclic) bond motifs is 3. The summed E-state index contributed by atoms with van der Waals surface area (Å²) in [6, 6.07) is 5.33. The van der Waals surface area contributed by atoms with E-state index in [9.17, 15) is 18.0 Å². The van der Waals surface area contributed by atoms with Crippen molar-refractivity contribution in [1.82, 2.24) is 14.2 Å². The average molecular weight is 434 g/mol. The van der Waals surface area contributed by atoms with Gasteiger partial charge in [-0.2, -0.15) is 0 Å². The smallest absolute Gasteiger partial charge is 0.293 e. The summed E-state index contributed by atoms with van der Waals surface area (Å²) in [7, 11) is -3.43. The van der Waals surface area contributed by atoms with Crippen molar-refractivity contribution >= 4 is 33.3 Å². The first-order valence-corrected chi connectivity index (χ1v) is 12.0. The zero-order chi connectivity index (χ0) is 21.3. The summed E-state index contributed by atoms with van der Waals surface area (Å²) in [5.41, 5.74) is 3.01. The molecule has 1 saturated heterocycles. The Morgan fingerprint density at radius 1 is 1.30 bits per heavy atom. The third-order valence-corrected chi connectivity index (χ3v) is 7.87. The molecule has 0 saturated carbocycles. The van der Waals surface area contributed by atoms with Crippen molar-refractivity contribution in [3.8, 4) is 0 Å². The molecular formula is C21H27N3O5S. The van der Waals surface area contributed by atoms with Crippen LogP contribution in [0.2, 0.25) is 0 Å². The molecule has 4 rings (SSSR count). The van der Waals surface area contributed by atoms with Gasteiger partial charge in [0.2, 0.25) is 10.0 Å². The average Bonchev–Trinajstić information content (AvgIpc) is 3.12. The van der Waals surface area contributed by atoms with Gasteiger partial charge in [-0.15, -0.1) is 0 Å². The van der Waals surface area contributed by atoms with E-state index in [0.717, 1.165) is 36.0 Å². The fraction of sp³-hybridized carbons (Fsp3) is 0.524. The number of likely N-dealkylation sites (tertiary alicyclic amines) is 1. The van der Waals surface area contributed by atoms with Gasteiger partial charge in [-0.25, -0.2) is 12.4 Å². The van der Waals surface area contributed by atoms with E-state index in [1.807, 2.05) is 11.0 Å². The highest BCUT2D eigenvalue weighted by Gasteiger charge is 2.28. The Hall–Kier alpha value is -2.39. The van der Waals surface area contributed by atoms with Crippen molar-refractivity contribution in [1.29, 1.82) is 0 Å². The zero-order valence-electron chi connectivity index (χ0n) is 17.1. The van der Waals surface area contributed by atoms with E-state index in [-0.39, 0.29) is 17.6 Å². The van der Waals surface area contributed by atoms with Gasteiger partial charge in [-0.1, -0.05) is 0 Å². The summed E-state index contributed by atoms with van der Waals surface area (Å²) in [5.74, 6) is 0.267. The maximum atomic E-state index is 13.1. The maximum absolute atomic E-state index is 13.1. The van der Waals surface area contributed by atoms with Gasteiger partial charge in [-0.05, 0) is 49.4 Å². The molecule has 8 nitrogen and oxygen atoms in total. The van der Waals surface area contributed by atoms with Crippen LogP contribution in [0.4, 0.5) is 0 Å². The normalized spacial score (nSPS) is 17.7. The number of ether oxygens (including phenoxy) is 1. The Balaban J connectivity index is 1.64. The summed E-state index contributed by atoms with van der Waals surface area (Å²) in [5, 5.41) is 4.14. The SMILES string of the molecule is CCS(=O)(=O)n1c2c(c3cc(C(=O)N4CCC(COC=O)CC4)ccc31)CNCC2. The van der Waals surface area contributed by atoms with Gasteiger partial charge in [0.25, 0.3) is 12.4 Å². The van der Waals surface area contributed by atoms with Crippen LogP contribution in [-0.4, -0.2) is 61.7 Å². The van der Waals surface area contributed by atoms with Crippen LogP contribution in [0.25, 0.3) is 10.9 Å². The van der Waals surface area contributed by atoms with E-state index in [1.54, 1.807) is 19.1 Å². The highest BCUT2D eigenvalue weighted by molar-refractivity contribution is 7.90. The lowest BCUT2D eigenvalue weighted by atomic mass is 9.97. The van der Waals surface area contributed by atoms with Crippen molar-refractivity contribution in [2.75, 3.05) is 32.0 Å². The quantitative estimate of drug-likeness (QED) is 0.694. The number of aromatic nitrogens is 1. The number of carbonyl (C=O) groups is 2. The minimum Gasteiger partial charge on any atom is -0.468 e. The minimum atomic E-state index is -3.43. The van der Waals surface area contributed by atoms with Crippen LogP contribution in [0.3, 0.4) is 0 Å². The van der Waals surface area contributed by atoms with E-state index in [4.69, 9.17) is 4.74 Å². The molecule has 0 bridgehead atoms. The number of nitrogens with one attached hydrogen (secondary N) is 1. The molecule has 2 aliphatic rings. The number of carbonyl (C=O) groups excluding carboxylic acids is 2. The Labute approximate surface area is 176 Å². The van der Waals surface area contributed by atoms with Gasteiger partial charge >= 0.3 is 0 Å². The van der Waals surface area contributed by atoms with Gasteiger partial charge in [-0.3, -0.25) is 9.59 Å². The summed E-state index contributed by atoms with van der Waals surface area (Å²) >= 11 is 0. The highest BCUT2D eigenvalue weighted by atomic mass is 32.2. The Morgan fingerprint density at radius 2 is 2.07 bits per heavy atom. The molecule has 0 unspecified atom stereocenters. The van der Waals surface area contributed by atoms with Crippen molar-refractivity contribution in [2.24, 2.45) is 5.92 Å². The first-order chi connectivity index (χ1) is 14.5. The van der Waals surface area contributed by atoms with Gasteiger partial charge in [0.15, 0.2) is 0 Å². The fourth-order valence-electron chi connectivity index (χ4n) is 4.49. The number of rotatable bonds is 6. The predicted molar refractivity (Wildman–Crippen MR) is 113 cm³/mol. The first kappa shape index (κ1) is 20.9. The topological polar surface area (TPSA) is 97.7 Å². The zero-order valence-corrected chi connectivity index (χ0v) is 17.9. The summed E-state index contributed by atoms with van der Waals surface area (Å²) in [6.07, 6.45) is 2.24. The maximum Gasteiger partial charge on any atom is 0.293 e. The van der Waals surface area contributed by atoms with Gasteiger partial charge in [0.05, 0.1) is 17.9 Å². The molecule has 2 aromatic rings. The standard InChI is InChI=1S/C21H27N3O5S/c1-2-30(27,28)24-19-4-3-16(11-17(19)18-12-22-8-5-20(18)24)21(26)23-9-6-15(7-10-23)13-29-14-25/h3-4,11,14-15,22H,2,5-10,12-13H2,1H3. The molecule has 0 aliphatic carbocycles. The Morgan fingerprint density at radius 3 is 2.77 bits per heavy atom. The van der Waals surface area contributed by atoms with Gasteiger partial charge in [0.1, 0.15) is 0 Å². The molecule has 30 heavy (non-hydrogen) atoms. The second-order valence-electron chi connectivity index (χ2n) is 7.91. The fourth-order valence-corrected chi connectivity index (χ4v) is 5.74. The van der Waals surface area contributed by atoms with E-state index in [0.29, 0.717) is 50.2 Å². The highest BCUT2D eigenvalue weighted by Crippen LogP contribution is 2.31. The second kappa shape index (κ2) is 8.39. The van der Waals surface area contributed by atoms with Crippen molar-refractivity contribution in [3.05, 3.63) is 35.0 Å². The van der Waals surface area contributed by atoms with Crippen molar-refractivity contribution < 1.29 is 22.7 Å². The number of amides is 1. The molecule has 0 radical (unpaired) electrons. The lowest BCUT2D eigenvalue weighted by Gasteiger charge is -2.31. The molecule has 1 fully saturated rings. The minimum absolute atomic E-state index is 0.0279. The van der Waals surface area contributed by atoms with E-state index < -0.39 is 10.0 Å². The van der Waals surface area contributed by atoms with Crippen molar-refractivity contribution in [2.45, 2.75) is 32.7 Å². The molecule has 0 spiro atoms. The van der Waals surface area contributed by atoms with Crippen molar-refractivity contribution in [3.63, 3.8) is 0 Å². The van der Waals surface area contributed by atoms with Crippen LogP contribution in [0.5, 0.6) is 0 Å². The Kier molecular flexibility index (Phi) is 5.84. The molecule has 162 valence electrons. The molecule has 1 aromatic heterocycles. The number of hydrogen-bond acceptors (Lipinski definition) is 6. The summed E-state index contributed by atoms with van der Waals surface area (Å²) in [4.78, 5) is 25.3. The monoisotopic (exact) mass is 433 g/mol. The van der Waals surface area contributed by atoms with E-state index >= 15 is 0 Å². The number of piperidine rings is 1. The third-order valence-electron chi connectivity index (χ3n) is 6.17. The lowest BCUT2D eigenvalue weighted by Crippen LogP contribution is -2.39. The molecule has 0 atom stereocenters. The van der Waals surface area contributed by atoms with Crippen LogP contribution in [0, 0.1) is 5.92 Å². The number of hydrogen-bond donors (Lipinski definition) is 1. The molecule has 9 heteroatoms.